The Morgan fingerprint density at radius 1 is 0.773 bits per heavy atom. The molecule has 0 aromatic heterocycles. The Morgan fingerprint density at radius 2 is 1.36 bits per heavy atom. The zero-order valence-corrected chi connectivity index (χ0v) is 37.2. The number of rotatable bonds is 28. The van der Waals surface area contributed by atoms with E-state index in [2.05, 4.69) is 10.6 Å². The molecule has 0 aliphatic carbocycles. The van der Waals surface area contributed by atoms with Crippen molar-refractivity contribution in [3.05, 3.63) is 94.6 Å². The third kappa shape index (κ3) is 13.7. The van der Waals surface area contributed by atoms with Crippen molar-refractivity contribution < 1.29 is 71.1 Å². The number of fused-ring (bicyclic) bond motifs is 1. The van der Waals surface area contributed by atoms with E-state index in [0.29, 0.717) is 121 Å². The number of amides is 6. The highest BCUT2D eigenvalue weighted by Crippen LogP contribution is 2.32. The highest BCUT2D eigenvalue weighted by molar-refractivity contribution is 7.99. The molecular weight excluding hydrogens is 887 g/mol. The van der Waals surface area contributed by atoms with Crippen molar-refractivity contribution in [2.75, 3.05) is 96.5 Å². The molecule has 6 rings (SSSR count). The van der Waals surface area contributed by atoms with Crippen LogP contribution in [0.2, 0.25) is 0 Å². The molecule has 17 nitrogen and oxygen atoms in total. The van der Waals surface area contributed by atoms with Crippen molar-refractivity contribution in [1.82, 2.24) is 15.5 Å². The summed E-state index contributed by atoms with van der Waals surface area (Å²) >= 11 is 1.57. The van der Waals surface area contributed by atoms with E-state index in [-0.39, 0.29) is 43.5 Å². The first-order valence-electron chi connectivity index (χ1n) is 21.8. The number of carbonyl (C=O) groups excluding carboxylic acids is 6. The maximum Gasteiger partial charge on any atom is 0.268 e. The van der Waals surface area contributed by atoms with Crippen LogP contribution in [0.3, 0.4) is 0 Å². The zero-order chi connectivity index (χ0) is 46.9. The van der Waals surface area contributed by atoms with E-state index in [4.69, 9.17) is 28.4 Å². The lowest BCUT2D eigenvalue weighted by molar-refractivity contribution is -0.149. The zero-order valence-electron chi connectivity index (χ0n) is 36.4. The van der Waals surface area contributed by atoms with Gasteiger partial charge in [-0.3, -0.25) is 39.0 Å². The minimum Gasteiger partial charge on any atom is -0.379 e. The lowest BCUT2D eigenvalue weighted by atomic mass is 9.99. The maximum atomic E-state index is 13.5. The number of benzene rings is 3. The number of ether oxygens (including phenoxy) is 6. The van der Waals surface area contributed by atoms with Gasteiger partial charge < -0.3 is 43.7 Å². The van der Waals surface area contributed by atoms with Crippen LogP contribution in [0.1, 0.15) is 57.5 Å². The van der Waals surface area contributed by atoms with Crippen molar-refractivity contribution in [3.8, 4) is 0 Å². The summed E-state index contributed by atoms with van der Waals surface area (Å²) in [5.41, 5.74) is -0.318. The van der Waals surface area contributed by atoms with Crippen LogP contribution in [-0.4, -0.2) is 149 Å². The van der Waals surface area contributed by atoms with Gasteiger partial charge in [-0.05, 0) is 72.9 Å². The summed E-state index contributed by atoms with van der Waals surface area (Å²) < 4.78 is 60.4. The second-order valence-electron chi connectivity index (χ2n) is 15.4. The first kappa shape index (κ1) is 50.2. The lowest BCUT2D eigenvalue weighted by Crippen LogP contribution is -2.54. The van der Waals surface area contributed by atoms with Gasteiger partial charge in [-0.25, -0.2) is 8.78 Å². The summed E-state index contributed by atoms with van der Waals surface area (Å²) in [4.78, 5) is 79.2. The second kappa shape index (κ2) is 25.1. The van der Waals surface area contributed by atoms with Crippen molar-refractivity contribution in [1.29, 1.82) is 0 Å². The van der Waals surface area contributed by atoms with Crippen molar-refractivity contribution >= 4 is 52.9 Å². The average Bonchev–Trinajstić information content (AvgIpc) is 3.75. The van der Waals surface area contributed by atoms with E-state index in [0.717, 1.165) is 21.9 Å². The Kier molecular flexibility index (Phi) is 19.1. The van der Waals surface area contributed by atoms with Crippen LogP contribution in [-0.2, 0) is 60.6 Å². The minimum absolute atomic E-state index is 0.0667. The molecule has 0 bridgehead atoms. The predicted octanol–water partition coefficient (Wildman–Crippen LogP) is 2.97. The van der Waals surface area contributed by atoms with Crippen LogP contribution in [0.4, 0.5) is 14.5 Å². The number of nitrogens with zero attached hydrogens (tertiary/aromatic N) is 2. The number of thioether (sulfide) groups is 1. The molecule has 0 saturated carbocycles. The molecule has 2 fully saturated rings. The SMILES string of the molecule is O=C1CCC(N2C(=O)c3cccc(CCCOCCOCCOCCOCCOCCOCCSc4ccc(N5CCC(O)(C(=O)NCc6cc(F)cc(F)c6)C5=O)cc4)c3C2=O)C(=O)N1. The van der Waals surface area contributed by atoms with Gasteiger partial charge in [-0.1, -0.05) is 12.1 Å². The van der Waals surface area contributed by atoms with Gasteiger partial charge in [-0.2, -0.15) is 0 Å². The van der Waals surface area contributed by atoms with Gasteiger partial charge in [0, 0.05) is 54.9 Å². The molecule has 20 heteroatoms. The molecule has 356 valence electrons. The standard InChI is InChI=1S/C46H54F2N4O13S/c47-33-27-31(28-34(48)29-33)30-49-44(57)46(59)12-13-51(45(46)58)35-6-8-36(9-7-35)66-26-25-65-24-23-64-22-21-63-20-19-62-18-17-61-16-15-60-14-2-4-32-3-1-5-37-40(32)43(56)52(42(37)55)38-10-11-39(53)50-41(38)54/h1,3,5-9,27-29,38,59H,2,4,10-26,30H2,(H,49,57)(H,50,53,54). The van der Waals surface area contributed by atoms with Gasteiger partial charge in [0.2, 0.25) is 17.4 Å². The third-order valence-corrected chi connectivity index (χ3v) is 11.8. The van der Waals surface area contributed by atoms with Gasteiger partial charge in [0.15, 0.2) is 0 Å². The molecule has 2 unspecified atom stereocenters. The summed E-state index contributed by atoms with van der Waals surface area (Å²) in [6.45, 7) is 4.89. The molecular formula is C46H54F2N4O13S. The fraction of sp³-hybridized carbons (Fsp3) is 0.478. The summed E-state index contributed by atoms with van der Waals surface area (Å²) in [5.74, 6) is -4.70. The van der Waals surface area contributed by atoms with Crippen LogP contribution in [0.25, 0.3) is 0 Å². The topological polar surface area (TPSA) is 209 Å². The van der Waals surface area contributed by atoms with E-state index >= 15 is 0 Å². The average molecular weight is 941 g/mol. The first-order valence-corrected chi connectivity index (χ1v) is 22.7. The van der Waals surface area contributed by atoms with Crippen molar-refractivity contribution in [3.63, 3.8) is 0 Å². The number of hydrogen-bond acceptors (Lipinski definition) is 14. The number of piperidine rings is 1. The van der Waals surface area contributed by atoms with Gasteiger partial charge >= 0.3 is 0 Å². The van der Waals surface area contributed by atoms with Crippen LogP contribution in [0, 0.1) is 11.6 Å². The van der Waals surface area contributed by atoms with Crippen molar-refractivity contribution in [2.24, 2.45) is 0 Å². The van der Waals surface area contributed by atoms with Gasteiger partial charge in [-0.15, -0.1) is 11.8 Å². The molecule has 3 aromatic rings. The smallest absolute Gasteiger partial charge is 0.268 e. The Balaban J connectivity index is 0.702. The van der Waals surface area contributed by atoms with E-state index in [1.165, 1.54) is 4.90 Å². The lowest BCUT2D eigenvalue weighted by Gasteiger charge is -2.27. The van der Waals surface area contributed by atoms with Gasteiger partial charge in [0.05, 0.1) is 83.8 Å². The summed E-state index contributed by atoms with van der Waals surface area (Å²) in [5, 5.41) is 15.5. The van der Waals surface area contributed by atoms with Crippen LogP contribution in [0.15, 0.2) is 65.6 Å². The Labute approximate surface area is 384 Å². The molecule has 0 spiro atoms. The normalized spacial score (nSPS) is 18.3. The molecule has 66 heavy (non-hydrogen) atoms. The predicted molar refractivity (Wildman–Crippen MR) is 234 cm³/mol. The number of imide groups is 2. The summed E-state index contributed by atoms with van der Waals surface area (Å²) in [7, 11) is 0. The van der Waals surface area contributed by atoms with E-state index < -0.39 is 58.7 Å². The van der Waals surface area contributed by atoms with Crippen LogP contribution >= 0.6 is 11.8 Å². The number of aliphatic hydroxyl groups is 1. The quantitative estimate of drug-likeness (QED) is 0.0414. The number of hydrogen-bond donors (Lipinski definition) is 3. The van der Waals surface area contributed by atoms with E-state index in [9.17, 15) is 42.7 Å². The number of nitrogens with one attached hydrogen (secondary N) is 2. The molecule has 0 radical (unpaired) electrons. The summed E-state index contributed by atoms with van der Waals surface area (Å²) in [6.07, 6.45) is 1.17. The molecule has 3 aliphatic heterocycles. The van der Waals surface area contributed by atoms with Gasteiger partial charge in [0.1, 0.15) is 17.7 Å². The van der Waals surface area contributed by atoms with E-state index in [1.807, 2.05) is 12.1 Å². The fourth-order valence-corrected chi connectivity index (χ4v) is 8.27. The third-order valence-electron chi connectivity index (χ3n) is 10.8. The Bertz CT molecular complexity index is 2160. The highest BCUT2D eigenvalue weighted by atomic mass is 32.2. The molecule has 3 heterocycles. The van der Waals surface area contributed by atoms with E-state index in [1.54, 1.807) is 42.1 Å². The number of aryl methyl sites for hydroxylation is 1. The number of carbonyl (C=O) groups is 6. The largest absolute Gasteiger partial charge is 0.379 e. The number of anilines is 1. The first-order chi connectivity index (χ1) is 32.0. The molecule has 3 aliphatic rings. The highest BCUT2D eigenvalue weighted by Gasteiger charge is 2.51. The Morgan fingerprint density at radius 3 is 1.97 bits per heavy atom. The Hall–Kier alpha value is -5.19. The molecule has 3 N–H and O–H groups in total. The maximum absolute atomic E-state index is 13.5. The van der Waals surface area contributed by atoms with Crippen molar-refractivity contribution in [2.45, 2.75) is 55.2 Å². The van der Waals surface area contributed by atoms with Crippen LogP contribution < -0.4 is 15.5 Å². The fourth-order valence-electron chi connectivity index (χ4n) is 7.50. The van der Waals surface area contributed by atoms with Gasteiger partial charge in [0.25, 0.3) is 23.6 Å². The molecule has 3 aromatic carbocycles. The number of halogens is 2. The molecule has 2 saturated heterocycles. The molecule has 6 amide bonds. The van der Waals surface area contributed by atoms with Crippen LogP contribution in [0.5, 0.6) is 0 Å². The second-order valence-corrected chi connectivity index (χ2v) is 16.6. The minimum atomic E-state index is -2.29. The summed E-state index contributed by atoms with van der Waals surface area (Å²) in [6, 6.07) is 14.1. The molecule has 2 atom stereocenters. The monoisotopic (exact) mass is 940 g/mol.